The molecule has 2 N–H and O–H groups in total. The number of esters is 1. The summed E-state index contributed by atoms with van der Waals surface area (Å²) in [5.74, 6) is -0.181. The van der Waals surface area contributed by atoms with E-state index in [-0.39, 0.29) is 11.5 Å². The van der Waals surface area contributed by atoms with Crippen molar-refractivity contribution in [3.05, 3.63) is 0 Å². The van der Waals surface area contributed by atoms with E-state index in [9.17, 15) is 4.79 Å². The zero-order valence-electron chi connectivity index (χ0n) is 9.34. The van der Waals surface area contributed by atoms with Gasteiger partial charge in [0.1, 0.15) is 0 Å². The minimum absolute atomic E-state index is 0.181. The Morgan fingerprint density at radius 2 is 2.00 bits per heavy atom. The van der Waals surface area contributed by atoms with Gasteiger partial charge >= 0.3 is 5.97 Å². The summed E-state index contributed by atoms with van der Waals surface area (Å²) in [7, 11) is 1.62. The second-order valence-electron chi connectivity index (χ2n) is 4.06. The average molecular weight is 203 g/mol. The third kappa shape index (κ3) is 9.48. The number of nitrogens with two attached hydrogens (primary N) is 1. The highest BCUT2D eigenvalue weighted by molar-refractivity contribution is 5.69. The number of hydrogen-bond acceptors (Lipinski definition) is 4. The van der Waals surface area contributed by atoms with Crippen molar-refractivity contribution in [1.29, 1.82) is 0 Å². The van der Waals surface area contributed by atoms with Crippen LogP contribution in [0.4, 0.5) is 0 Å². The molecule has 0 bridgehead atoms. The molecule has 0 heterocycles. The highest BCUT2D eigenvalue weighted by Crippen LogP contribution is 2.07. The van der Waals surface area contributed by atoms with Crippen LogP contribution in [-0.4, -0.2) is 31.8 Å². The van der Waals surface area contributed by atoms with Gasteiger partial charge in [-0.3, -0.25) is 4.79 Å². The number of carbonyl (C=O) groups is 1. The van der Waals surface area contributed by atoms with Gasteiger partial charge in [0, 0.05) is 32.1 Å². The van der Waals surface area contributed by atoms with Gasteiger partial charge in [-0.1, -0.05) is 0 Å². The van der Waals surface area contributed by atoms with Crippen molar-refractivity contribution in [2.24, 2.45) is 5.73 Å². The zero-order valence-corrected chi connectivity index (χ0v) is 9.34. The lowest BCUT2D eigenvalue weighted by atomic mass is 10.0. The first-order valence-corrected chi connectivity index (χ1v) is 4.89. The summed E-state index contributed by atoms with van der Waals surface area (Å²) in [5, 5.41) is 0. The quantitative estimate of drug-likeness (QED) is 0.497. The molecular formula is C10H21NO3. The van der Waals surface area contributed by atoms with Crippen LogP contribution in [0.25, 0.3) is 0 Å². The monoisotopic (exact) mass is 203 g/mol. The van der Waals surface area contributed by atoms with E-state index in [0.717, 1.165) is 6.42 Å². The zero-order chi connectivity index (χ0) is 11.0. The van der Waals surface area contributed by atoms with Gasteiger partial charge in [-0.25, -0.2) is 0 Å². The van der Waals surface area contributed by atoms with Gasteiger partial charge in [-0.2, -0.15) is 0 Å². The minimum Gasteiger partial charge on any atom is -0.466 e. The molecule has 0 atom stereocenters. The molecule has 0 aromatic carbocycles. The molecule has 0 fully saturated rings. The molecular weight excluding hydrogens is 182 g/mol. The molecule has 0 aliphatic carbocycles. The maximum Gasteiger partial charge on any atom is 0.305 e. The molecule has 4 heteroatoms. The van der Waals surface area contributed by atoms with Crippen LogP contribution in [0.2, 0.25) is 0 Å². The Labute approximate surface area is 85.8 Å². The standard InChI is InChI=1S/C10H21NO3/c1-10(2,11)6-5-9(12)14-8-4-7-13-3/h4-8,11H2,1-3H3. The van der Waals surface area contributed by atoms with Crippen LogP contribution in [0.3, 0.4) is 0 Å². The molecule has 0 aromatic heterocycles. The number of ether oxygens (including phenoxy) is 2. The molecule has 0 aliphatic heterocycles. The third-order valence-corrected chi connectivity index (χ3v) is 1.73. The Kier molecular flexibility index (Phi) is 6.49. The van der Waals surface area contributed by atoms with Crippen LogP contribution in [0.5, 0.6) is 0 Å². The first-order valence-electron chi connectivity index (χ1n) is 4.89. The van der Waals surface area contributed by atoms with Crippen molar-refractivity contribution >= 4 is 5.97 Å². The molecule has 0 saturated heterocycles. The second kappa shape index (κ2) is 6.79. The van der Waals surface area contributed by atoms with Crippen LogP contribution in [-0.2, 0) is 14.3 Å². The van der Waals surface area contributed by atoms with Crippen molar-refractivity contribution in [2.45, 2.75) is 38.6 Å². The maximum atomic E-state index is 11.1. The maximum absolute atomic E-state index is 11.1. The predicted octanol–water partition coefficient (Wildman–Crippen LogP) is 1.08. The minimum atomic E-state index is -0.300. The van der Waals surface area contributed by atoms with Crippen molar-refractivity contribution in [1.82, 2.24) is 0 Å². The van der Waals surface area contributed by atoms with Crippen molar-refractivity contribution in [3.63, 3.8) is 0 Å². The first-order chi connectivity index (χ1) is 6.45. The van der Waals surface area contributed by atoms with Gasteiger partial charge in [0.15, 0.2) is 0 Å². The molecule has 0 radical (unpaired) electrons. The Balaban J connectivity index is 3.38. The Bertz CT molecular complexity index is 163. The molecule has 4 nitrogen and oxygen atoms in total. The molecule has 0 aliphatic rings. The molecule has 0 amide bonds. The fraction of sp³-hybridized carbons (Fsp3) is 0.900. The third-order valence-electron chi connectivity index (χ3n) is 1.73. The lowest BCUT2D eigenvalue weighted by Gasteiger charge is -2.17. The van der Waals surface area contributed by atoms with E-state index in [1.807, 2.05) is 13.8 Å². The van der Waals surface area contributed by atoms with Gasteiger partial charge in [-0.05, 0) is 20.3 Å². The van der Waals surface area contributed by atoms with Gasteiger partial charge in [0.05, 0.1) is 6.61 Å². The molecule has 0 rings (SSSR count). The highest BCUT2D eigenvalue weighted by Gasteiger charge is 2.13. The summed E-state index contributed by atoms with van der Waals surface area (Å²) < 4.78 is 9.79. The van der Waals surface area contributed by atoms with E-state index in [4.69, 9.17) is 15.2 Å². The molecule has 14 heavy (non-hydrogen) atoms. The summed E-state index contributed by atoms with van der Waals surface area (Å²) in [5.41, 5.74) is 5.43. The van der Waals surface area contributed by atoms with E-state index in [2.05, 4.69) is 0 Å². The fourth-order valence-electron chi connectivity index (χ4n) is 0.886. The van der Waals surface area contributed by atoms with Crippen molar-refractivity contribution < 1.29 is 14.3 Å². The van der Waals surface area contributed by atoms with Gasteiger partial charge in [0.25, 0.3) is 0 Å². The first kappa shape index (κ1) is 13.4. The van der Waals surface area contributed by atoms with E-state index >= 15 is 0 Å². The molecule has 0 unspecified atom stereocenters. The van der Waals surface area contributed by atoms with E-state index < -0.39 is 0 Å². The van der Waals surface area contributed by atoms with Crippen LogP contribution in [0.15, 0.2) is 0 Å². The number of rotatable bonds is 7. The summed E-state index contributed by atoms with van der Waals surface area (Å²) >= 11 is 0. The van der Waals surface area contributed by atoms with Crippen LogP contribution in [0, 0.1) is 0 Å². The summed E-state index contributed by atoms with van der Waals surface area (Å²) in [6.45, 7) is 4.84. The normalized spacial score (nSPS) is 11.4. The topological polar surface area (TPSA) is 61.5 Å². The van der Waals surface area contributed by atoms with E-state index in [0.29, 0.717) is 26.1 Å². The fourth-order valence-corrected chi connectivity index (χ4v) is 0.886. The molecule has 0 saturated carbocycles. The lowest BCUT2D eigenvalue weighted by Crippen LogP contribution is -2.32. The lowest BCUT2D eigenvalue weighted by molar-refractivity contribution is -0.144. The summed E-state index contributed by atoms with van der Waals surface area (Å²) in [6.07, 6.45) is 1.78. The van der Waals surface area contributed by atoms with Crippen LogP contribution >= 0.6 is 0 Å². The average Bonchev–Trinajstić information content (AvgIpc) is 2.08. The summed E-state index contributed by atoms with van der Waals surface area (Å²) in [6, 6.07) is 0. The smallest absolute Gasteiger partial charge is 0.305 e. The largest absolute Gasteiger partial charge is 0.466 e. The Morgan fingerprint density at radius 1 is 1.36 bits per heavy atom. The number of methoxy groups -OCH3 is 1. The summed E-state index contributed by atoms with van der Waals surface area (Å²) in [4.78, 5) is 11.1. The van der Waals surface area contributed by atoms with E-state index in [1.54, 1.807) is 7.11 Å². The van der Waals surface area contributed by atoms with Crippen molar-refractivity contribution in [2.75, 3.05) is 20.3 Å². The number of carbonyl (C=O) groups excluding carboxylic acids is 1. The SMILES string of the molecule is COCCCOC(=O)CCC(C)(C)N. The highest BCUT2D eigenvalue weighted by atomic mass is 16.5. The number of hydrogen-bond donors (Lipinski definition) is 1. The van der Waals surface area contributed by atoms with Crippen LogP contribution in [0.1, 0.15) is 33.1 Å². The molecule has 0 spiro atoms. The van der Waals surface area contributed by atoms with Gasteiger partial charge in [-0.15, -0.1) is 0 Å². The molecule has 84 valence electrons. The van der Waals surface area contributed by atoms with E-state index in [1.165, 1.54) is 0 Å². The molecule has 0 aromatic rings. The second-order valence-corrected chi connectivity index (χ2v) is 4.06. The predicted molar refractivity (Wildman–Crippen MR) is 55.0 cm³/mol. The van der Waals surface area contributed by atoms with Gasteiger partial charge in [0.2, 0.25) is 0 Å². The Morgan fingerprint density at radius 3 is 2.50 bits per heavy atom. The Hall–Kier alpha value is -0.610. The van der Waals surface area contributed by atoms with Crippen molar-refractivity contribution in [3.8, 4) is 0 Å². The van der Waals surface area contributed by atoms with Gasteiger partial charge < -0.3 is 15.2 Å². The van der Waals surface area contributed by atoms with Crippen LogP contribution < -0.4 is 5.73 Å².